The lowest BCUT2D eigenvalue weighted by molar-refractivity contribution is 0.00578. The number of hydrogen-bond acceptors (Lipinski definition) is 6. The zero-order valence-corrected chi connectivity index (χ0v) is 43.6. The number of rotatable bonds is 6. The molecule has 72 heavy (non-hydrogen) atoms. The van der Waals surface area contributed by atoms with Gasteiger partial charge in [0.1, 0.15) is 17.5 Å². The van der Waals surface area contributed by atoms with E-state index in [1.165, 1.54) is 25.9 Å². The molecule has 3 fully saturated rings. The van der Waals surface area contributed by atoms with Gasteiger partial charge in [-0.1, -0.05) is 151 Å². The molecule has 3 saturated heterocycles. The fraction of sp³-hybridized carbons (Fsp3) is 0.300. The van der Waals surface area contributed by atoms with Crippen LogP contribution in [-0.4, -0.2) is 55.5 Å². The van der Waals surface area contributed by atoms with E-state index in [2.05, 4.69) is 11.8 Å². The topological polar surface area (TPSA) is 55.4 Å². The first kappa shape index (κ1) is 55.4. The van der Waals surface area contributed by atoms with Gasteiger partial charge in [0.15, 0.2) is 0 Å². The highest BCUT2D eigenvalue weighted by Gasteiger charge is 2.54. The van der Waals surface area contributed by atoms with Gasteiger partial charge in [0.2, 0.25) is 0 Å². The lowest BCUT2D eigenvalue weighted by Crippen LogP contribution is -2.41. The van der Waals surface area contributed by atoms with Gasteiger partial charge in [0.25, 0.3) is 0 Å². The molecule has 3 heterocycles. The third-order valence-electron chi connectivity index (χ3n) is 13.8. The molecule has 0 saturated carbocycles. The Morgan fingerprint density at radius 2 is 0.833 bits per heavy atom. The maximum absolute atomic E-state index is 14.4. The summed E-state index contributed by atoms with van der Waals surface area (Å²) in [5, 5.41) is 0. The van der Waals surface area contributed by atoms with Crippen LogP contribution in [0.5, 0.6) is 0 Å². The lowest BCUT2D eigenvalue weighted by atomic mass is 9.73. The summed E-state index contributed by atoms with van der Waals surface area (Å²) in [5.74, 6) is 4.89. The van der Waals surface area contributed by atoms with Gasteiger partial charge < -0.3 is 27.9 Å². The molecule has 0 spiro atoms. The average Bonchev–Trinajstić information content (AvgIpc) is 3.82. The molecule has 0 bridgehead atoms. The molecule has 3 aliphatic heterocycles. The Bertz CT molecular complexity index is 2810. The molecule has 0 N–H and O–H groups in total. The van der Waals surface area contributed by atoms with Gasteiger partial charge in [0.05, 0.1) is 39.2 Å². The molecule has 6 aromatic rings. The van der Waals surface area contributed by atoms with Gasteiger partial charge in [-0.05, 0) is 142 Å². The summed E-state index contributed by atoms with van der Waals surface area (Å²) >= 11 is 0. The standard InChI is InChI=1S/2C20H22BFO2.C14H9F.C6H12BO2/c1-19(2)20(3,4)24-21(23-19)17(15-10-6-5-7-11-15)14-16-12-8-9-13-18(16)22;1-19(2)20(3,4)24-21(23-19)17(14-15-10-6-5-7-11-15)16-12-8-9-13-18(16)22;15-14-9-5-4-8-13(14)11-10-12-6-2-1-3-7-12;1-5(2)6(3,4)9-7-8-5/h2*5-14H,1-4H3;1-9H;1-4H3/b2*17-14+;;. The van der Waals surface area contributed by atoms with Crippen LogP contribution in [0.25, 0.3) is 23.1 Å². The third kappa shape index (κ3) is 14.0. The highest BCUT2D eigenvalue weighted by atomic mass is 19.1. The molecule has 0 aromatic heterocycles. The second kappa shape index (κ2) is 23.3. The van der Waals surface area contributed by atoms with Crippen LogP contribution in [0.1, 0.15) is 116 Å². The Morgan fingerprint density at radius 3 is 1.31 bits per heavy atom. The van der Waals surface area contributed by atoms with Gasteiger partial charge in [-0.15, -0.1) is 0 Å². The van der Waals surface area contributed by atoms with Crippen LogP contribution >= 0.6 is 0 Å². The van der Waals surface area contributed by atoms with Crippen LogP contribution in [0.3, 0.4) is 0 Å². The molecular formula is C60H65B3F3O6. The Balaban J connectivity index is 0.000000166. The number of hydrogen-bond donors (Lipinski definition) is 0. The average molecular weight is 972 g/mol. The zero-order chi connectivity index (χ0) is 52.4. The molecule has 371 valence electrons. The monoisotopic (exact) mass is 972 g/mol. The molecular weight excluding hydrogens is 906 g/mol. The van der Waals surface area contributed by atoms with Crippen molar-refractivity contribution in [1.82, 2.24) is 0 Å². The van der Waals surface area contributed by atoms with E-state index in [0.717, 1.165) is 22.2 Å². The minimum absolute atomic E-state index is 0.187. The fourth-order valence-corrected chi connectivity index (χ4v) is 7.09. The molecule has 0 unspecified atom stereocenters. The van der Waals surface area contributed by atoms with Gasteiger partial charge in [-0.25, -0.2) is 13.2 Å². The third-order valence-corrected chi connectivity index (χ3v) is 13.8. The summed E-state index contributed by atoms with van der Waals surface area (Å²) in [4.78, 5) is 0. The fourth-order valence-electron chi connectivity index (χ4n) is 7.09. The number of halogens is 3. The number of benzene rings is 6. The lowest BCUT2D eigenvalue weighted by Gasteiger charge is -2.32. The van der Waals surface area contributed by atoms with Crippen LogP contribution in [0.15, 0.2) is 164 Å². The first-order valence-corrected chi connectivity index (χ1v) is 24.2. The summed E-state index contributed by atoms with van der Waals surface area (Å²) in [7, 11) is 0.254. The molecule has 6 aromatic carbocycles. The van der Waals surface area contributed by atoms with Crippen molar-refractivity contribution in [2.45, 2.75) is 117 Å². The van der Waals surface area contributed by atoms with Gasteiger partial charge in [-0.3, -0.25) is 0 Å². The Labute approximate surface area is 427 Å². The molecule has 9 rings (SSSR count). The first-order chi connectivity index (χ1) is 33.9. The van der Waals surface area contributed by atoms with Crippen molar-refractivity contribution in [3.05, 3.63) is 215 Å². The predicted molar refractivity (Wildman–Crippen MR) is 288 cm³/mol. The van der Waals surface area contributed by atoms with Gasteiger partial charge >= 0.3 is 21.9 Å². The smallest absolute Gasteiger partial charge is 0.405 e. The molecule has 6 nitrogen and oxygen atoms in total. The van der Waals surface area contributed by atoms with E-state index < -0.39 is 36.6 Å². The normalized spacial score (nSPS) is 18.7. The zero-order valence-electron chi connectivity index (χ0n) is 43.6. The van der Waals surface area contributed by atoms with E-state index in [1.807, 2.05) is 198 Å². The summed E-state index contributed by atoms with van der Waals surface area (Å²) in [6.07, 6.45) is 3.74. The summed E-state index contributed by atoms with van der Waals surface area (Å²) in [6, 6.07) is 49.1. The quantitative estimate of drug-likeness (QED) is 0.0942. The minimum atomic E-state index is -0.618. The maximum Gasteiger partial charge on any atom is 0.495 e. The summed E-state index contributed by atoms with van der Waals surface area (Å²) in [5.41, 5.74) is 3.58. The Hall–Kier alpha value is -5.90. The second-order valence-corrected chi connectivity index (χ2v) is 20.6. The van der Waals surface area contributed by atoms with Crippen LogP contribution in [-0.2, 0) is 27.9 Å². The van der Waals surface area contributed by atoms with Crippen LogP contribution in [0.4, 0.5) is 13.2 Å². The van der Waals surface area contributed by atoms with Crippen molar-refractivity contribution in [3.8, 4) is 11.8 Å². The molecule has 0 atom stereocenters. The Morgan fingerprint density at radius 1 is 0.417 bits per heavy atom. The molecule has 1 radical (unpaired) electrons. The van der Waals surface area contributed by atoms with Crippen molar-refractivity contribution in [3.63, 3.8) is 0 Å². The predicted octanol–water partition coefficient (Wildman–Crippen LogP) is 14.3. The summed E-state index contributed by atoms with van der Waals surface area (Å²) < 4.78 is 76.8. The maximum atomic E-state index is 14.4. The van der Waals surface area contributed by atoms with Gasteiger partial charge in [0, 0.05) is 16.7 Å². The molecule has 3 aliphatic rings. The molecule has 0 amide bonds. The van der Waals surface area contributed by atoms with E-state index >= 15 is 0 Å². The van der Waals surface area contributed by atoms with E-state index in [1.54, 1.807) is 42.5 Å². The van der Waals surface area contributed by atoms with E-state index in [4.69, 9.17) is 27.9 Å². The minimum Gasteiger partial charge on any atom is -0.405 e. The Kier molecular flexibility index (Phi) is 18.0. The van der Waals surface area contributed by atoms with E-state index in [0.29, 0.717) is 22.2 Å². The first-order valence-electron chi connectivity index (χ1n) is 24.2. The van der Waals surface area contributed by atoms with Crippen LogP contribution in [0.2, 0.25) is 0 Å². The largest absolute Gasteiger partial charge is 0.495 e. The molecule has 0 aliphatic carbocycles. The van der Waals surface area contributed by atoms with Crippen molar-refractivity contribution in [2.24, 2.45) is 0 Å². The highest BCUT2D eigenvalue weighted by molar-refractivity contribution is 6.71. The van der Waals surface area contributed by atoms with E-state index in [9.17, 15) is 13.2 Å². The van der Waals surface area contributed by atoms with Crippen molar-refractivity contribution in [1.29, 1.82) is 0 Å². The van der Waals surface area contributed by atoms with Crippen molar-refractivity contribution >= 4 is 45.0 Å². The SMILES string of the molecule is CC1(C)OB(/C(=C/c2ccccc2)c2ccccc2F)OC1(C)C.CC1(C)OB(/C(=C/c2ccccc2F)c2ccccc2)OC1(C)C.CC1(C)O[B]OC1(C)C.Fc1ccccc1C#Cc1ccccc1. The highest BCUT2D eigenvalue weighted by Crippen LogP contribution is 2.43. The van der Waals surface area contributed by atoms with Gasteiger partial charge in [-0.2, -0.15) is 0 Å². The summed E-state index contributed by atoms with van der Waals surface area (Å²) in [6.45, 7) is 24.1. The van der Waals surface area contributed by atoms with Crippen molar-refractivity contribution in [2.75, 3.05) is 0 Å². The second-order valence-electron chi connectivity index (χ2n) is 20.6. The molecule has 12 heteroatoms. The van der Waals surface area contributed by atoms with Crippen LogP contribution in [0, 0.1) is 29.3 Å². The van der Waals surface area contributed by atoms with Crippen LogP contribution < -0.4 is 0 Å². The van der Waals surface area contributed by atoms with Crippen molar-refractivity contribution < 1.29 is 41.1 Å². The van der Waals surface area contributed by atoms with E-state index in [-0.39, 0.29) is 28.7 Å².